The van der Waals surface area contributed by atoms with E-state index >= 15 is 0 Å². The van der Waals surface area contributed by atoms with Crippen LogP contribution in [0.1, 0.15) is 18.4 Å². The second-order valence-corrected chi connectivity index (χ2v) is 6.67. The molecular weight excluding hydrogens is 397 g/mol. The molecule has 26 heavy (non-hydrogen) atoms. The van der Waals surface area contributed by atoms with Crippen LogP contribution in [0.3, 0.4) is 0 Å². The topological polar surface area (TPSA) is 60.5 Å². The van der Waals surface area contributed by atoms with Crippen molar-refractivity contribution in [2.24, 2.45) is 5.92 Å². The standard InChI is InChI=1S/C17H27N5O.3ClH/c1-21-6-8-22(9-7-21)16-5-4-15(11-19-16)12-20-17(23)13-18-10-14-2-3-14;;;/h4-5,11,14,18H,2-3,6-10,12-13H2,1H3,(H,20,23);3*1H. The predicted molar refractivity (Wildman–Crippen MR) is 113 cm³/mol. The summed E-state index contributed by atoms with van der Waals surface area (Å²) in [4.78, 5) is 20.9. The molecule has 1 aliphatic carbocycles. The summed E-state index contributed by atoms with van der Waals surface area (Å²) in [5, 5.41) is 6.14. The highest BCUT2D eigenvalue weighted by Crippen LogP contribution is 2.27. The molecule has 1 saturated carbocycles. The monoisotopic (exact) mass is 425 g/mol. The molecule has 0 bridgehead atoms. The summed E-state index contributed by atoms with van der Waals surface area (Å²) in [5.74, 6) is 1.88. The number of halogens is 3. The fourth-order valence-corrected chi connectivity index (χ4v) is 2.72. The molecule has 0 unspecified atom stereocenters. The van der Waals surface area contributed by atoms with Crippen LogP contribution in [0.25, 0.3) is 0 Å². The molecule has 0 spiro atoms. The van der Waals surface area contributed by atoms with E-state index in [0.717, 1.165) is 50.0 Å². The molecular formula is C17H30Cl3N5O. The summed E-state index contributed by atoms with van der Waals surface area (Å²) < 4.78 is 0. The summed E-state index contributed by atoms with van der Waals surface area (Å²) >= 11 is 0. The Morgan fingerprint density at radius 3 is 2.42 bits per heavy atom. The first-order chi connectivity index (χ1) is 11.2. The normalized spacial score (nSPS) is 16.7. The molecule has 150 valence electrons. The fraction of sp³-hybridized carbons (Fsp3) is 0.647. The first kappa shape index (κ1) is 25.2. The molecule has 3 rings (SSSR count). The van der Waals surface area contributed by atoms with Crippen LogP contribution in [-0.4, -0.2) is 62.1 Å². The Labute approximate surface area is 174 Å². The number of amides is 1. The first-order valence-electron chi connectivity index (χ1n) is 8.56. The van der Waals surface area contributed by atoms with E-state index in [-0.39, 0.29) is 43.1 Å². The number of pyridine rings is 1. The van der Waals surface area contributed by atoms with Gasteiger partial charge in [-0.05, 0) is 44.0 Å². The fourth-order valence-electron chi connectivity index (χ4n) is 2.72. The Balaban J connectivity index is 0.00000208. The van der Waals surface area contributed by atoms with Crippen LogP contribution in [0.2, 0.25) is 0 Å². The number of anilines is 1. The van der Waals surface area contributed by atoms with Crippen molar-refractivity contribution in [1.82, 2.24) is 20.5 Å². The average Bonchev–Trinajstić information content (AvgIpc) is 3.39. The van der Waals surface area contributed by atoms with Crippen LogP contribution >= 0.6 is 37.2 Å². The molecule has 6 nitrogen and oxygen atoms in total. The van der Waals surface area contributed by atoms with Crippen molar-refractivity contribution in [3.8, 4) is 0 Å². The minimum Gasteiger partial charge on any atom is -0.354 e. The van der Waals surface area contributed by atoms with Gasteiger partial charge in [0.1, 0.15) is 5.82 Å². The maximum atomic E-state index is 11.8. The van der Waals surface area contributed by atoms with Crippen LogP contribution in [0, 0.1) is 5.92 Å². The summed E-state index contributed by atoms with van der Waals surface area (Å²) in [6.07, 6.45) is 4.48. The summed E-state index contributed by atoms with van der Waals surface area (Å²) in [5.41, 5.74) is 1.04. The lowest BCUT2D eigenvalue weighted by atomic mass is 10.2. The van der Waals surface area contributed by atoms with Gasteiger partial charge in [0, 0.05) is 38.9 Å². The Kier molecular flexibility index (Phi) is 12.2. The molecule has 1 saturated heterocycles. The number of carbonyl (C=O) groups is 1. The largest absolute Gasteiger partial charge is 0.354 e. The zero-order valence-electron chi connectivity index (χ0n) is 15.1. The van der Waals surface area contributed by atoms with E-state index in [1.165, 1.54) is 12.8 Å². The number of aromatic nitrogens is 1. The van der Waals surface area contributed by atoms with Crippen molar-refractivity contribution in [3.63, 3.8) is 0 Å². The Morgan fingerprint density at radius 1 is 1.15 bits per heavy atom. The Bertz CT molecular complexity index is 520. The minimum absolute atomic E-state index is 0. The van der Waals surface area contributed by atoms with E-state index in [9.17, 15) is 4.79 Å². The highest BCUT2D eigenvalue weighted by molar-refractivity contribution is 5.86. The van der Waals surface area contributed by atoms with E-state index in [4.69, 9.17) is 0 Å². The quantitative estimate of drug-likeness (QED) is 0.695. The zero-order chi connectivity index (χ0) is 16.1. The number of hydrogen-bond donors (Lipinski definition) is 2. The molecule has 1 amide bonds. The third-order valence-corrected chi connectivity index (χ3v) is 4.54. The number of rotatable bonds is 7. The van der Waals surface area contributed by atoms with E-state index in [1.807, 2.05) is 6.20 Å². The lowest BCUT2D eigenvalue weighted by Gasteiger charge is -2.33. The molecule has 2 N–H and O–H groups in total. The van der Waals surface area contributed by atoms with Gasteiger partial charge < -0.3 is 20.4 Å². The van der Waals surface area contributed by atoms with Gasteiger partial charge in [-0.3, -0.25) is 4.79 Å². The lowest BCUT2D eigenvalue weighted by molar-refractivity contribution is -0.120. The van der Waals surface area contributed by atoms with Crippen molar-refractivity contribution < 1.29 is 4.79 Å². The van der Waals surface area contributed by atoms with Crippen molar-refractivity contribution in [3.05, 3.63) is 23.9 Å². The smallest absolute Gasteiger partial charge is 0.234 e. The number of likely N-dealkylation sites (N-methyl/N-ethyl adjacent to an activating group) is 1. The molecule has 2 aliphatic rings. The maximum Gasteiger partial charge on any atom is 0.234 e. The molecule has 0 radical (unpaired) electrons. The van der Waals surface area contributed by atoms with E-state index in [1.54, 1.807) is 0 Å². The van der Waals surface area contributed by atoms with Crippen molar-refractivity contribution in [2.75, 3.05) is 51.2 Å². The Hall–Kier alpha value is -0.790. The van der Waals surface area contributed by atoms with Gasteiger partial charge in [-0.25, -0.2) is 4.98 Å². The number of hydrogen-bond acceptors (Lipinski definition) is 5. The van der Waals surface area contributed by atoms with E-state index in [0.29, 0.717) is 13.1 Å². The van der Waals surface area contributed by atoms with Gasteiger partial charge in [-0.2, -0.15) is 0 Å². The van der Waals surface area contributed by atoms with Gasteiger partial charge in [-0.1, -0.05) is 6.07 Å². The summed E-state index contributed by atoms with van der Waals surface area (Å²) in [7, 11) is 2.15. The van der Waals surface area contributed by atoms with Crippen molar-refractivity contribution in [2.45, 2.75) is 19.4 Å². The van der Waals surface area contributed by atoms with Gasteiger partial charge in [0.25, 0.3) is 0 Å². The van der Waals surface area contributed by atoms with Gasteiger partial charge in [0.05, 0.1) is 6.54 Å². The van der Waals surface area contributed by atoms with E-state index < -0.39 is 0 Å². The SMILES string of the molecule is CN1CCN(c2ccc(CNC(=O)CNCC3CC3)cn2)CC1.Cl.Cl.Cl. The number of piperazine rings is 1. The van der Waals surface area contributed by atoms with Gasteiger partial charge in [0.2, 0.25) is 5.91 Å². The van der Waals surface area contributed by atoms with Gasteiger partial charge in [-0.15, -0.1) is 37.2 Å². The van der Waals surface area contributed by atoms with Crippen LogP contribution in [0.15, 0.2) is 18.3 Å². The molecule has 2 heterocycles. The first-order valence-corrected chi connectivity index (χ1v) is 8.56. The zero-order valence-corrected chi connectivity index (χ0v) is 17.6. The highest BCUT2D eigenvalue weighted by Gasteiger charge is 2.20. The summed E-state index contributed by atoms with van der Waals surface area (Å²) in [6.45, 7) is 6.11. The number of nitrogens with one attached hydrogen (secondary N) is 2. The minimum atomic E-state index is 0. The maximum absolute atomic E-state index is 11.8. The van der Waals surface area contributed by atoms with Crippen molar-refractivity contribution in [1.29, 1.82) is 0 Å². The molecule has 1 aliphatic heterocycles. The summed E-state index contributed by atoms with van der Waals surface area (Å²) in [6, 6.07) is 4.11. The molecule has 1 aromatic rings. The third-order valence-electron chi connectivity index (χ3n) is 4.54. The third kappa shape index (κ3) is 8.27. The predicted octanol–water partition coefficient (Wildman–Crippen LogP) is 1.71. The Morgan fingerprint density at radius 2 is 1.85 bits per heavy atom. The number of nitrogens with zero attached hydrogens (tertiary/aromatic N) is 3. The van der Waals surface area contributed by atoms with Crippen LogP contribution in [0.4, 0.5) is 5.82 Å². The van der Waals surface area contributed by atoms with Crippen LogP contribution < -0.4 is 15.5 Å². The highest BCUT2D eigenvalue weighted by atomic mass is 35.5. The van der Waals surface area contributed by atoms with Crippen LogP contribution in [0.5, 0.6) is 0 Å². The lowest BCUT2D eigenvalue weighted by Crippen LogP contribution is -2.44. The number of carbonyl (C=O) groups excluding carboxylic acids is 1. The van der Waals surface area contributed by atoms with Crippen LogP contribution in [-0.2, 0) is 11.3 Å². The van der Waals surface area contributed by atoms with Gasteiger partial charge >= 0.3 is 0 Å². The molecule has 0 atom stereocenters. The molecule has 9 heteroatoms. The molecule has 1 aromatic heterocycles. The van der Waals surface area contributed by atoms with E-state index in [2.05, 4.69) is 44.6 Å². The average molecular weight is 427 g/mol. The molecule has 2 fully saturated rings. The van der Waals surface area contributed by atoms with Crippen molar-refractivity contribution >= 4 is 48.9 Å². The molecule has 0 aromatic carbocycles. The van der Waals surface area contributed by atoms with Gasteiger partial charge in [0.15, 0.2) is 0 Å². The second-order valence-electron chi connectivity index (χ2n) is 6.67. The second kappa shape index (κ2) is 12.6.